The lowest BCUT2D eigenvalue weighted by Gasteiger charge is -2.10. The predicted octanol–water partition coefficient (Wildman–Crippen LogP) is 3.28. The Labute approximate surface area is 100 Å². The van der Waals surface area contributed by atoms with Gasteiger partial charge in [0.25, 0.3) is 0 Å². The Kier molecular flexibility index (Phi) is 5.23. The average molecular weight is 248 g/mol. The van der Waals surface area contributed by atoms with E-state index in [1.807, 2.05) is 6.07 Å². The number of nitrogens with two attached hydrogens (primary N) is 1. The lowest BCUT2D eigenvalue weighted by atomic mass is 10.1. The van der Waals surface area contributed by atoms with Crippen molar-refractivity contribution in [3.05, 3.63) is 27.7 Å². The topological polar surface area (TPSA) is 35.2 Å². The summed E-state index contributed by atoms with van der Waals surface area (Å²) >= 11 is 11.9. The molecule has 0 aliphatic heterocycles. The zero-order chi connectivity index (χ0) is 11.3. The van der Waals surface area contributed by atoms with Crippen molar-refractivity contribution in [2.24, 2.45) is 5.73 Å². The summed E-state index contributed by atoms with van der Waals surface area (Å²) in [5.74, 6) is 0.720. The first kappa shape index (κ1) is 12.6. The van der Waals surface area contributed by atoms with E-state index in [0.29, 0.717) is 16.6 Å². The Hall–Kier alpha value is -0.440. The highest BCUT2D eigenvalue weighted by Crippen LogP contribution is 2.32. The van der Waals surface area contributed by atoms with E-state index in [9.17, 15) is 0 Å². The van der Waals surface area contributed by atoms with Gasteiger partial charge in [-0.25, -0.2) is 0 Å². The number of benzene rings is 1. The number of unbranched alkanes of at least 4 members (excludes halogenated alkanes) is 1. The molecule has 0 aliphatic carbocycles. The minimum atomic E-state index is 0.563. The second-order valence-corrected chi connectivity index (χ2v) is 4.17. The van der Waals surface area contributed by atoms with E-state index in [0.717, 1.165) is 30.6 Å². The number of methoxy groups -OCH3 is 1. The Bertz CT molecular complexity index is 329. The molecule has 0 bridgehead atoms. The summed E-state index contributed by atoms with van der Waals surface area (Å²) in [6.07, 6.45) is 2.90. The first-order valence-corrected chi connectivity index (χ1v) is 5.66. The zero-order valence-corrected chi connectivity index (χ0v) is 10.2. The highest BCUT2D eigenvalue weighted by molar-refractivity contribution is 6.35. The third-order valence-electron chi connectivity index (χ3n) is 2.19. The Balaban J connectivity index is 2.84. The molecule has 0 fully saturated rings. The molecule has 0 radical (unpaired) electrons. The SMILES string of the molecule is COc1c(Cl)cc(Cl)cc1CCCCN. The molecular formula is C11H15Cl2NO. The molecule has 0 aromatic heterocycles. The van der Waals surface area contributed by atoms with Crippen molar-refractivity contribution in [1.29, 1.82) is 0 Å². The van der Waals surface area contributed by atoms with E-state index < -0.39 is 0 Å². The molecule has 0 unspecified atom stereocenters. The summed E-state index contributed by atoms with van der Waals surface area (Å²) in [4.78, 5) is 0. The van der Waals surface area contributed by atoms with E-state index >= 15 is 0 Å². The molecule has 1 aromatic rings. The van der Waals surface area contributed by atoms with Gasteiger partial charge in [-0.15, -0.1) is 0 Å². The highest BCUT2D eigenvalue weighted by atomic mass is 35.5. The molecule has 0 amide bonds. The van der Waals surface area contributed by atoms with E-state index in [1.165, 1.54) is 0 Å². The second-order valence-electron chi connectivity index (χ2n) is 3.33. The van der Waals surface area contributed by atoms with Gasteiger partial charge in [0, 0.05) is 5.02 Å². The van der Waals surface area contributed by atoms with Crippen LogP contribution >= 0.6 is 23.2 Å². The largest absolute Gasteiger partial charge is 0.495 e. The average Bonchev–Trinajstić information content (AvgIpc) is 2.17. The van der Waals surface area contributed by atoms with Gasteiger partial charge in [0.05, 0.1) is 12.1 Å². The first-order chi connectivity index (χ1) is 7.19. The standard InChI is InChI=1S/C11H15Cl2NO/c1-15-11-8(4-2-3-5-14)6-9(12)7-10(11)13/h6-7H,2-5,14H2,1H3. The molecule has 4 heteroatoms. The van der Waals surface area contributed by atoms with Gasteiger partial charge >= 0.3 is 0 Å². The minimum absolute atomic E-state index is 0.563. The molecule has 1 rings (SSSR count). The summed E-state index contributed by atoms with van der Waals surface area (Å²) in [5, 5.41) is 1.20. The predicted molar refractivity (Wildman–Crippen MR) is 65.0 cm³/mol. The van der Waals surface area contributed by atoms with Crippen LogP contribution in [-0.4, -0.2) is 13.7 Å². The molecule has 84 valence electrons. The molecule has 0 atom stereocenters. The van der Waals surface area contributed by atoms with Crippen LogP contribution in [0.25, 0.3) is 0 Å². The van der Waals surface area contributed by atoms with Crippen LogP contribution in [0.1, 0.15) is 18.4 Å². The third-order valence-corrected chi connectivity index (χ3v) is 2.69. The van der Waals surface area contributed by atoms with Crippen LogP contribution in [0.4, 0.5) is 0 Å². The fourth-order valence-electron chi connectivity index (χ4n) is 1.49. The summed E-state index contributed by atoms with van der Waals surface area (Å²) < 4.78 is 5.24. The quantitative estimate of drug-likeness (QED) is 0.811. The number of hydrogen-bond acceptors (Lipinski definition) is 2. The fourth-order valence-corrected chi connectivity index (χ4v) is 2.10. The highest BCUT2D eigenvalue weighted by Gasteiger charge is 2.09. The molecule has 2 N–H and O–H groups in total. The fraction of sp³-hybridized carbons (Fsp3) is 0.455. The summed E-state index contributed by atoms with van der Waals surface area (Å²) in [7, 11) is 1.61. The summed E-state index contributed by atoms with van der Waals surface area (Å²) in [6, 6.07) is 3.58. The number of aryl methyl sites for hydroxylation is 1. The Morgan fingerprint density at radius 1 is 1.27 bits per heavy atom. The monoisotopic (exact) mass is 247 g/mol. The lowest BCUT2D eigenvalue weighted by molar-refractivity contribution is 0.409. The van der Waals surface area contributed by atoms with Gasteiger partial charge in [-0.2, -0.15) is 0 Å². The summed E-state index contributed by atoms with van der Waals surface area (Å²) in [5.41, 5.74) is 6.48. The molecule has 0 spiro atoms. The van der Waals surface area contributed by atoms with Gasteiger partial charge in [-0.1, -0.05) is 23.2 Å². The van der Waals surface area contributed by atoms with Crippen LogP contribution in [0.5, 0.6) is 5.75 Å². The maximum Gasteiger partial charge on any atom is 0.140 e. The molecule has 0 heterocycles. The minimum Gasteiger partial charge on any atom is -0.495 e. The smallest absolute Gasteiger partial charge is 0.140 e. The van der Waals surface area contributed by atoms with E-state index in [-0.39, 0.29) is 0 Å². The van der Waals surface area contributed by atoms with Crippen molar-refractivity contribution < 1.29 is 4.74 Å². The van der Waals surface area contributed by atoms with Crippen molar-refractivity contribution in [3.63, 3.8) is 0 Å². The van der Waals surface area contributed by atoms with Crippen molar-refractivity contribution in [2.45, 2.75) is 19.3 Å². The zero-order valence-electron chi connectivity index (χ0n) is 8.72. The molecule has 0 saturated heterocycles. The van der Waals surface area contributed by atoms with Crippen molar-refractivity contribution in [2.75, 3.05) is 13.7 Å². The van der Waals surface area contributed by atoms with Crippen molar-refractivity contribution in [1.82, 2.24) is 0 Å². The Morgan fingerprint density at radius 2 is 2.00 bits per heavy atom. The van der Waals surface area contributed by atoms with E-state index in [4.69, 9.17) is 33.7 Å². The van der Waals surface area contributed by atoms with Crippen LogP contribution in [0.15, 0.2) is 12.1 Å². The number of hydrogen-bond donors (Lipinski definition) is 1. The van der Waals surface area contributed by atoms with Gasteiger partial charge < -0.3 is 10.5 Å². The van der Waals surface area contributed by atoms with Crippen LogP contribution < -0.4 is 10.5 Å². The molecular weight excluding hydrogens is 233 g/mol. The number of ether oxygens (including phenoxy) is 1. The summed E-state index contributed by atoms with van der Waals surface area (Å²) in [6.45, 7) is 0.705. The second kappa shape index (κ2) is 6.21. The third kappa shape index (κ3) is 3.56. The van der Waals surface area contributed by atoms with Gasteiger partial charge in [0.2, 0.25) is 0 Å². The van der Waals surface area contributed by atoms with Crippen LogP contribution in [0.3, 0.4) is 0 Å². The van der Waals surface area contributed by atoms with Crippen LogP contribution in [0, 0.1) is 0 Å². The molecule has 2 nitrogen and oxygen atoms in total. The van der Waals surface area contributed by atoms with Crippen LogP contribution in [-0.2, 0) is 6.42 Å². The molecule has 1 aromatic carbocycles. The van der Waals surface area contributed by atoms with Gasteiger partial charge in [0.15, 0.2) is 0 Å². The lowest BCUT2D eigenvalue weighted by Crippen LogP contribution is -2.00. The van der Waals surface area contributed by atoms with Crippen LogP contribution in [0.2, 0.25) is 10.0 Å². The van der Waals surface area contributed by atoms with Crippen molar-refractivity contribution in [3.8, 4) is 5.75 Å². The van der Waals surface area contributed by atoms with E-state index in [1.54, 1.807) is 13.2 Å². The maximum atomic E-state index is 6.01. The first-order valence-electron chi connectivity index (χ1n) is 4.91. The normalized spacial score (nSPS) is 10.4. The van der Waals surface area contributed by atoms with E-state index in [2.05, 4.69) is 0 Å². The van der Waals surface area contributed by atoms with Gasteiger partial charge in [-0.05, 0) is 43.5 Å². The maximum absolute atomic E-state index is 6.01. The molecule has 0 aliphatic rings. The van der Waals surface area contributed by atoms with Crippen molar-refractivity contribution >= 4 is 23.2 Å². The number of rotatable bonds is 5. The number of halogens is 2. The molecule has 15 heavy (non-hydrogen) atoms. The Morgan fingerprint density at radius 3 is 2.60 bits per heavy atom. The van der Waals surface area contributed by atoms with Gasteiger partial charge in [-0.3, -0.25) is 0 Å². The van der Waals surface area contributed by atoms with Gasteiger partial charge in [0.1, 0.15) is 5.75 Å². The molecule has 0 saturated carbocycles.